The van der Waals surface area contributed by atoms with E-state index in [1.165, 1.54) is 12.0 Å². The van der Waals surface area contributed by atoms with Crippen LogP contribution in [0.3, 0.4) is 0 Å². The summed E-state index contributed by atoms with van der Waals surface area (Å²) < 4.78 is 4.52. The smallest absolute Gasteiger partial charge is 0.353 e. The molecule has 1 atom stereocenters. The van der Waals surface area contributed by atoms with Crippen LogP contribution in [-0.2, 0) is 25.7 Å². The Hall–Kier alpha value is -4.46. The molecule has 0 bridgehead atoms. The van der Waals surface area contributed by atoms with Gasteiger partial charge in [-0.2, -0.15) is 0 Å². The largest absolute Gasteiger partial charge is 0.464 e. The third-order valence-corrected chi connectivity index (χ3v) is 6.02. The van der Waals surface area contributed by atoms with Gasteiger partial charge in [0, 0.05) is 16.8 Å². The number of nitrogens with one attached hydrogen (secondary N) is 2. The average molecular weight is 472 g/mol. The van der Waals surface area contributed by atoms with Crippen LogP contribution < -0.4 is 10.6 Å². The van der Waals surface area contributed by atoms with Crippen molar-refractivity contribution >= 4 is 29.4 Å². The highest BCUT2D eigenvalue weighted by molar-refractivity contribution is 6.08. The van der Waals surface area contributed by atoms with Crippen molar-refractivity contribution in [1.82, 2.24) is 10.2 Å². The second kappa shape index (κ2) is 9.42. The fraction of sp³-hybridized carbons (Fsp3) is 0.185. The van der Waals surface area contributed by atoms with Crippen LogP contribution in [0.5, 0.6) is 0 Å². The highest BCUT2D eigenvalue weighted by atomic mass is 16.5. The molecule has 3 amide bonds. The third kappa shape index (κ3) is 4.63. The fourth-order valence-electron chi connectivity index (χ4n) is 4.10. The summed E-state index contributed by atoms with van der Waals surface area (Å²) in [5.74, 6) is -1.53. The van der Waals surface area contributed by atoms with E-state index in [4.69, 9.17) is 0 Å². The molecule has 0 radical (unpaired) electrons. The molecule has 1 aliphatic heterocycles. The van der Waals surface area contributed by atoms with E-state index in [0.717, 1.165) is 28.7 Å². The molecule has 8 nitrogen and oxygen atoms in total. The zero-order valence-corrected chi connectivity index (χ0v) is 19.5. The van der Waals surface area contributed by atoms with E-state index in [-0.39, 0.29) is 29.8 Å². The number of nitrogens with zero attached hydrogens (tertiary/aromatic N) is 1. The molecular formula is C27H25N3O5. The van der Waals surface area contributed by atoms with Gasteiger partial charge < -0.3 is 15.4 Å². The predicted molar refractivity (Wildman–Crippen MR) is 131 cm³/mol. The molecule has 2 N–H and O–H groups in total. The third-order valence-electron chi connectivity index (χ3n) is 6.02. The number of amides is 3. The molecule has 0 saturated carbocycles. The van der Waals surface area contributed by atoms with E-state index in [9.17, 15) is 19.2 Å². The van der Waals surface area contributed by atoms with Gasteiger partial charge in [0.2, 0.25) is 0 Å². The topological polar surface area (TPSA) is 105 Å². The maximum Gasteiger partial charge on any atom is 0.353 e. The number of hydrogen-bond acceptors (Lipinski definition) is 5. The number of fused-ring (bicyclic) bond motifs is 1. The summed E-state index contributed by atoms with van der Waals surface area (Å²) in [4.78, 5) is 50.6. The molecule has 8 heteroatoms. The van der Waals surface area contributed by atoms with Crippen molar-refractivity contribution in [2.24, 2.45) is 5.92 Å². The number of esters is 1. The van der Waals surface area contributed by atoms with Crippen LogP contribution >= 0.6 is 0 Å². The molecule has 0 saturated heterocycles. The number of allylic oxidation sites excluding steroid dienone is 1. The molecule has 1 unspecified atom stereocenters. The number of rotatable bonds is 7. The average Bonchev–Trinajstić information content (AvgIpc) is 3.17. The van der Waals surface area contributed by atoms with Gasteiger partial charge in [-0.05, 0) is 47.2 Å². The molecule has 178 valence electrons. The molecule has 0 fully saturated rings. The van der Waals surface area contributed by atoms with Crippen LogP contribution in [0, 0.1) is 5.92 Å². The molecule has 4 rings (SSSR count). The SMILES string of the molecule is C=C(NC(=O)C(=C)N1Cc2c(cccc2-c2ccc(NC(=O)C3=CC(C)C3)cc2)C1=O)C(=O)OC. The van der Waals surface area contributed by atoms with Crippen molar-refractivity contribution in [3.63, 3.8) is 0 Å². The first-order valence-corrected chi connectivity index (χ1v) is 11.0. The molecule has 1 heterocycles. The molecule has 2 aromatic rings. The number of anilines is 1. The maximum absolute atomic E-state index is 13.0. The van der Waals surface area contributed by atoms with Crippen LogP contribution in [0.1, 0.15) is 29.3 Å². The van der Waals surface area contributed by atoms with Crippen molar-refractivity contribution in [1.29, 1.82) is 0 Å². The zero-order valence-electron chi connectivity index (χ0n) is 19.5. The molecular weight excluding hydrogens is 446 g/mol. The molecule has 2 aliphatic rings. The van der Waals surface area contributed by atoms with Gasteiger partial charge in [-0.1, -0.05) is 50.4 Å². The quantitative estimate of drug-likeness (QED) is 0.475. The number of benzene rings is 2. The lowest BCUT2D eigenvalue weighted by atomic mass is 9.87. The first kappa shape index (κ1) is 23.7. The molecule has 1 aliphatic carbocycles. The standard InChI is InChI=1S/C27H25N3O5/c1-15-12-19(13-15)25(32)29-20-10-8-18(9-11-20)21-6-5-7-22-23(21)14-30(26(22)33)17(3)24(31)28-16(2)27(34)35-4/h5-12,15H,2-3,13-14H2,1,4H3,(H,28,31)(H,29,32). The van der Waals surface area contributed by atoms with Gasteiger partial charge >= 0.3 is 5.97 Å². The minimum atomic E-state index is -0.789. The molecule has 2 aromatic carbocycles. The Bertz CT molecular complexity index is 1310. The van der Waals surface area contributed by atoms with E-state index in [1.807, 2.05) is 36.4 Å². The zero-order chi connectivity index (χ0) is 25.3. The summed E-state index contributed by atoms with van der Waals surface area (Å²) in [7, 11) is 1.17. The number of ether oxygens (including phenoxy) is 1. The Morgan fingerprint density at radius 2 is 1.71 bits per heavy atom. The number of hydrogen-bond donors (Lipinski definition) is 2. The van der Waals surface area contributed by atoms with Crippen LogP contribution in [0.15, 0.2) is 78.7 Å². The fourth-order valence-corrected chi connectivity index (χ4v) is 4.10. The summed E-state index contributed by atoms with van der Waals surface area (Å²) in [6, 6.07) is 12.7. The van der Waals surface area contributed by atoms with E-state index in [0.29, 0.717) is 17.2 Å². The normalized spacial score (nSPS) is 15.9. The minimum absolute atomic E-state index is 0.0932. The second-order valence-corrected chi connectivity index (χ2v) is 8.50. The van der Waals surface area contributed by atoms with Gasteiger partial charge in [0.05, 0.1) is 13.7 Å². The summed E-state index contributed by atoms with van der Waals surface area (Å²) in [6.07, 6.45) is 2.74. The van der Waals surface area contributed by atoms with E-state index >= 15 is 0 Å². The van der Waals surface area contributed by atoms with Gasteiger partial charge in [0.1, 0.15) is 11.4 Å². The lowest BCUT2D eigenvalue weighted by Gasteiger charge is -2.20. The molecule has 0 aromatic heterocycles. The van der Waals surface area contributed by atoms with Gasteiger partial charge in [-0.3, -0.25) is 19.3 Å². The van der Waals surface area contributed by atoms with Crippen molar-refractivity contribution in [2.75, 3.05) is 12.4 Å². The first-order chi connectivity index (χ1) is 16.7. The first-order valence-electron chi connectivity index (χ1n) is 11.0. The Morgan fingerprint density at radius 1 is 1.06 bits per heavy atom. The van der Waals surface area contributed by atoms with Crippen LogP contribution in [-0.4, -0.2) is 35.7 Å². The highest BCUT2D eigenvalue weighted by Gasteiger charge is 2.33. The van der Waals surface area contributed by atoms with Crippen LogP contribution in [0.2, 0.25) is 0 Å². The number of carbonyl (C=O) groups is 4. The summed E-state index contributed by atoms with van der Waals surface area (Å²) in [5, 5.41) is 5.20. The van der Waals surface area contributed by atoms with Crippen LogP contribution in [0.25, 0.3) is 11.1 Å². The van der Waals surface area contributed by atoms with Gasteiger partial charge in [0.15, 0.2) is 0 Å². The summed E-state index contributed by atoms with van der Waals surface area (Å²) in [5.41, 5.74) is 4.02. The molecule has 35 heavy (non-hydrogen) atoms. The van der Waals surface area contributed by atoms with E-state index in [1.54, 1.807) is 12.1 Å². The van der Waals surface area contributed by atoms with Gasteiger partial charge in [-0.25, -0.2) is 4.79 Å². The Balaban J connectivity index is 1.50. The maximum atomic E-state index is 13.0. The summed E-state index contributed by atoms with van der Waals surface area (Å²) >= 11 is 0. The highest BCUT2D eigenvalue weighted by Crippen LogP contribution is 2.35. The molecule has 0 spiro atoms. The van der Waals surface area contributed by atoms with Crippen LogP contribution in [0.4, 0.5) is 5.69 Å². The minimum Gasteiger partial charge on any atom is -0.464 e. The lowest BCUT2D eigenvalue weighted by molar-refractivity contribution is -0.137. The monoisotopic (exact) mass is 471 g/mol. The van der Waals surface area contributed by atoms with E-state index < -0.39 is 11.9 Å². The van der Waals surface area contributed by atoms with Gasteiger partial charge in [0.25, 0.3) is 17.7 Å². The van der Waals surface area contributed by atoms with Crippen molar-refractivity contribution in [2.45, 2.75) is 19.9 Å². The van der Waals surface area contributed by atoms with E-state index in [2.05, 4.69) is 35.5 Å². The lowest BCUT2D eigenvalue weighted by Crippen LogP contribution is -2.36. The Labute approximate surface area is 203 Å². The number of methoxy groups -OCH3 is 1. The second-order valence-electron chi connectivity index (χ2n) is 8.50. The van der Waals surface area contributed by atoms with Gasteiger partial charge in [-0.15, -0.1) is 0 Å². The Morgan fingerprint density at radius 3 is 2.34 bits per heavy atom. The Kier molecular flexibility index (Phi) is 6.38. The summed E-state index contributed by atoms with van der Waals surface area (Å²) in [6.45, 7) is 9.40. The van der Waals surface area contributed by atoms with Crippen molar-refractivity contribution < 1.29 is 23.9 Å². The van der Waals surface area contributed by atoms with Crippen molar-refractivity contribution in [3.05, 3.63) is 89.8 Å². The number of carbonyl (C=O) groups excluding carboxylic acids is 4. The van der Waals surface area contributed by atoms with Crippen molar-refractivity contribution in [3.8, 4) is 11.1 Å². The predicted octanol–water partition coefficient (Wildman–Crippen LogP) is 3.53.